The van der Waals surface area contributed by atoms with Crippen LogP contribution in [0.1, 0.15) is 13.3 Å². The van der Waals surface area contributed by atoms with Gasteiger partial charge < -0.3 is 19.7 Å². The Labute approximate surface area is 145 Å². The molecule has 0 saturated heterocycles. The quantitative estimate of drug-likeness (QED) is 0.719. The molecule has 3 rings (SSSR count). The van der Waals surface area contributed by atoms with E-state index in [1.54, 1.807) is 29.3 Å². The molecule has 0 bridgehead atoms. The first-order valence-electron chi connectivity index (χ1n) is 8.20. The van der Waals surface area contributed by atoms with E-state index in [0.29, 0.717) is 41.5 Å². The summed E-state index contributed by atoms with van der Waals surface area (Å²) in [7, 11) is 0. The minimum Gasteiger partial charge on any atom is -0.435 e. The van der Waals surface area contributed by atoms with Crippen LogP contribution in [-0.4, -0.2) is 45.7 Å². The maximum absolute atomic E-state index is 12.3. The minimum atomic E-state index is -0.250. The van der Waals surface area contributed by atoms with Gasteiger partial charge in [-0.1, -0.05) is 13.0 Å². The Morgan fingerprint density at radius 2 is 2.16 bits per heavy atom. The van der Waals surface area contributed by atoms with E-state index >= 15 is 0 Å². The van der Waals surface area contributed by atoms with Crippen LogP contribution in [0.25, 0.3) is 22.7 Å². The van der Waals surface area contributed by atoms with Crippen LogP contribution in [-0.2, 0) is 0 Å². The molecule has 3 aromatic rings. The molecular formula is C18H20N4O3. The predicted molar refractivity (Wildman–Crippen MR) is 95.2 cm³/mol. The van der Waals surface area contributed by atoms with Gasteiger partial charge >= 0.3 is 6.03 Å². The number of nitrogens with zero attached hydrogens (tertiary/aromatic N) is 3. The molecule has 0 radical (unpaired) electrons. The fourth-order valence-electron chi connectivity index (χ4n) is 2.51. The lowest BCUT2D eigenvalue weighted by Gasteiger charge is -2.21. The van der Waals surface area contributed by atoms with Crippen molar-refractivity contribution >= 4 is 22.8 Å². The number of aliphatic hydroxyl groups is 1. The molecular weight excluding hydrogens is 320 g/mol. The van der Waals surface area contributed by atoms with Crippen LogP contribution in [0.3, 0.4) is 0 Å². The molecule has 0 unspecified atom stereocenters. The first-order valence-corrected chi connectivity index (χ1v) is 8.20. The van der Waals surface area contributed by atoms with Crippen LogP contribution in [0.5, 0.6) is 0 Å². The molecule has 2 N–H and O–H groups in total. The average molecular weight is 340 g/mol. The molecule has 0 aliphatic rings. The van der Waals surface area contributed by atoms with E-state index < -0.39 is 0 Å². The summed E-state index contributed by atoms with van der Waals surface area (Å²) in [6, 6.07) is 10.6. The minimum absolute atomic E-state index is 0.0675. The Morgan fingerprint density at radius 1 is 1.28 bits per heavy atom. The lowest BCUT2D eigenvalue weighted by Crippen LogP contribution is -2.37. The van der Waals surface area contributed by atoms with Gasteiger partial charge in [0.1, 0.15) is 11.2 Å². The number of carbonyl (C=O) groups is 1. The molecule has 0 spiro atoms. The summed E-state index contributed by atoms with van der Waals surface area (Å²) in [6.07, 6.45) is 2.50. The van der Waals surface area contributed by atoms with Crippen molar-refractivity contribution in [3.63, 3.8) is 0 Å². The zero-order valence-corrected chi connectivity index (χ0v) is 14.0. The van der Waals surface area contributed by atoms with Crippen LogP contribution in [0.2, 0.25) is 0 Å². The fourth-order valence-corrected chi connectivity index (χ4v) is 2.51. The van der Waals surface area contributed by atoms with Crippen LogP contribution in [0.4, 0.5) is 10.5 Å². The van der Waals surface area contributed by atoms with E-state index in [-0.39, 0.29) is 12.6 Å². The summed E-state index contributed by atoms with van der Waals surface area (Å²) < 4.78 is 5.75. The third-order valence-electron chi connectivity index (χ3n) is 3.67. The van der Waals surface area contributed by atoms with Crippen molar-refractivity contribution in [3.8, 4) is 11.6 Å². The standard InChI is InChI=1S/C18H20N4O3/c1-2-9-22(10-11-23)18(24)20-13-6-7-14-16(12-13)25-17(21-14)15-5-3-4-8-19-15/h3-8,12,23H,2,9-11H2,1H3,(H,20,24). The molecule has 0 atom stereocenters. The topological polar surface area (TPSA) is 91.5 Å². The lowest BCUT2D eigenvalue weighted by atomic mass is 10.3. The highest BCUT2D eigenvalue weighted by Gasteiger charge is 2.14. The molecule has 2 heterocycles. The maximum Gasteiger partial charge on any atom is 0.321 e. The number of anilines is 1. The van der Waals surface area contributed by atoms with Crippen molar-refractivity contribution < 1.29 is 14.3 Å². The highest BCUT2D eigenvalue weighted by molar-refractivity contribution is 5.91. The van der Waals surface area contributed by atoms with E-state index in [2.05, 4.69) is 15.3 Å². The van der Waals surface area contributed by atoms with Gasteiger partial charge in [-0.25, -0.2) is 9.78 Å². The summed E-state index contributed by atoms with van der Waals surface area (Å²) >= 11 is 0. The second-order valence-corrected chi connectivity index (χ2v) is 5.56. The van der Waals surface area contributed by atoms with Crippen molar-refractivity contribution in [1.29, 1.82) is 0 Å². The fraction of sp³-hybridized carbons (Fsp3) is 0.278. The van der Waals surface area contributed by atoms with E-state index in [4.69, 9.17) is 9.52 Å². The van der Waals surface area contributed by atoms with Gasteiger partial charge in [0.2, 0.25) is 5.89 Å². The van der Waals surface area contributed by atoms with Crippen LogP contribution in [0.15, 0.2) is 47.0 Å². The summed E-state index contributed by atoms with van der Waals surface area (Å²) in [6.45, 7) is 2.80. The zero-order valence-electron chi connectivity index (χ0n) is 14.0. The van der Waals surface area contributed by atoms with E-state index in [0.717, 1.165) is 6.42 Å². The smallest absolute Gasteiger partial charge is 0.321 e. The van der Waals surface area contributed by atoms with Gasteiger partial charge in [0.05, 0.1) is 6.61 Å². The SMILES string of the molecule is CCCN(CCO)C(=O)Nc1ccc2nc(-c3ccccn3)oc2c1. The molecule has 2 aromatic heterocycles. The Bertz CT molecular complexity index is 842. The third kappa shape index (κ3) is 3.95. The maximum atomic E-state index is 12.3. The number of nitrogens with one attached hydrogen (secondary N) is 1. The van der Waals surface area contributed by atoms with Crippen molar-refractivity contribution in [2.24, 2.45) is 0 Å². The third-order valence-corrected chi connectivity index (χ3v) is 3.67. The van der Waals surface area contributed by atoms with Gasteiger partial charge in [-0.3, -0.25) is 4.98 Å². The Balaban J connectivity index is 1.80. The number of pyridine rings is 1. The molecule has 0 aliphatic heterocycles. The van der Waals surface area contributed by atoms with Crippen molar-refractivity contribution in [2.45, 2.75) is 13.3 Å². The Morgan fingerprint density at radius 3 is 2.88 bits per heavy atom. The lowest BCUT2D eigenvalue weighted by molar-refractivity contribution is 0.188. The number of amides is 2. The molecule has 0 aliphatic carbocycles. The Hall–Kier alpha value is -2.93. The van der Waals surface area contributed by atoms with E-state index in [1.165, 1.54) is 0 Å². The number of benzene rings is 1. The molecule has 7 nitrogen and oxygen atoms in total. The molecule has 0 fully saturated rings. The van der Waals surface area contributed by atoms with Crippen LogP contribution < -0.4 is 5.32 Å². The normalized spacial score (nSPS) is 10.8. The molecule has 7 heteroatoms. The number of hydrogen-bond donors (Lipinski definition) is 2. The Kier molecular flexibility index (Phi) is 5.25. The van der Waals surface area contributed by atoms with Gasteiger partial charge in [-0.15, -0.1) is 0 Å². The predicted octanol–water partition coefficient (Wildman–Crippen LogP) is 3.13. The summed E-state index contributed by atoms with van der Waals surface area (Å²) in [5, 5.41) is 11.9. The van der Waals surface area contributed by atoms with Crippen molar-refractivity contribution in [2.75, 3.05) is 25.0 Å². The number of carbonyl (C=O) groups excluding carboxylic acids is 1. The van der Waals surface area contributed by atoms with Crippen LogP contribution >= 0.6 is 0 Å². The summed E-state index contributed by atoms with van der Waals surface area (Å²) in [5.74, 6) is 0.437. The molecule has 130 valence electrons. The van der Waals surface area contributed by atoms with Crippen molar-refractivity contribution in [1.82, 2.24) is 14.9 Å². The number of fused-ring (bicyclic) bond motifs is 1. The summed E-state index contributed by atoms with van der Waals surface area (Å²) in [5.41, 5.74) is 2.53. The second kappa shape index (κ2) is 7.76. The zero-order chi connectivity index (χ0) is 17.6. The monoisotopic (exact) mass is 340 g/mol. The number of urea groups is 1. The van der Waals surface area contributed by atoms with Gasteiger partial charge in [-0.2, -0.15) is 0 Å². The number of rotatable bonds is 6. The largest absolute Gasteiger partial charge is 0.435 e. The highest BCUT2D eigenvalue weighted by atomic mass is 16.3. The molecule has 2 amide bonds. The molecule has 1 aromatic carbocycles. The number of hydrogen-bond acceptors (Lipinski definition) is 5. The first kappa shape index (κ1) is 16.9. The number of aliphatic hydroxyl groups excluding tert-OH is 1. The number of aromatic nitrogens is 2. The molecule has 25 heavy (non-hydrogen) atoms. The van der Waals surface area contributed by atoms with E-state index in [9.17, 15) is 4.79 Å². The van der Waals surface area contributed by atoms with Crippen molar-refractivity contribution in [3.05, 3.63) is 42.6 Å². The number of oxazole rings is 1. The summed E-state index contributed by atoms with van der Waals surface area (Å²) in [4.78, 5) is 22.5. The van der Waals surface area contributed by atoms with Crippen LogP contribution in [0, 0.1) is 0 Å². The van der Waals surface area contributed by atoms with Gasteiger partial charge in [0.15, 0.2) is 5.58 Å². The molecule has 0 saturated carbocycles. The highest BCUT2D eigenvalue weighted by Crippen LogP contribution is 2.25. The van der Waals surface area contributed by atoms with Gasteiger partial charge in [0.25, 0.3) is 0 Å². The van der Waals surface area contributed by atoms with Gasteiger partial charge in [0, 0.05) is 31.0 Å². The average Bonchev–Trinajstić information content (AvgIpc) is 3.05. The van der Waals surface area contributed by atoms with Gasteiger partial charge in [-0.05, 0) is 30.7 Å². The second-order valence-electron chi connectivity index (χ2n) is 5.56. The van der Waals surface area contributed by atoms with E-state index in [1.807, 2.05) is 25.1 Å². The first-order chi connectivity index (χ1) is 12.2.